The number of methoxy groups -OCH3 is 1. The molecule has 1 aromatic rings. The van der Waals surface area contributed by atoms with Crippen LogP contribution >= 0.6 is 0 Å². The molecule has 1 N–H and O–H groups in total. The zero-order valence-corrected chi connectivity index (χ0v) is 10.3. The van der Waals surface area contributed by atoms with E-state index >= 15 is 0 Å². The Labute approximate surface area is 106 Å². The number of ether oxygens (including phenoxy) is 1. The van der Waals surface area contributed by atoms with E-state index in [1.54, 1.807) is 24.1 Å². The van der Waals surface area contributed by atoms with Crippen molar-refractivity contribution in [2.45, 2.75) is 6.42 Å². The van der Waals surface area contributed by atoms with Gasteiger partial charge >= 0.3 is 0 Å². The molecule has 0 saturated carbocycles. The fourth-order valence-corrected chi connectivity index (χ4v) is 1.49. The summed E-state index contributed by atoms with van der Waals surface area (Å²) >= 11 is 0. The first-order chi connectivity index (χ1) is 8.69. The number of carbonyl (C=O) groups is 1. The van der Waals surface area contributed by atoms with Crippen molar-refractivity contribution in [3.8, 4) is 11.8 Å². The molecule has 0 bridgehead atoms. The molecule has 0 aromatic heterocycles. The van der Waals surface area contributed by atoms with Crippen LogP contribution in [0, 0.1) is 11.3 Å². The Morgan fingerprint density at radius 2 is 2.06 bits per heavy atom. The van der Waals surface area contributed by atoms with Crippen molar-refractivity contribution in [1.82, 2.24) is 4.90 Å². The van der Waals surface area contributed by atoms with E-state index in [-0.39, 0.29) is 18.1 Å². The molecule has 0 unspecified atom stereocenters. The van der Waals surface area contributed by atoms with Crippen LogP contribution in [-0.2, 0) is 4.74 Å². The molecular formula is C13H16N2O3. The lowest BCUT2D eigenvalue weighted by Crippen LogP contribution is -2.34. The molecule has 0 spiro atoms. The van der Waals surface area contributed by atoms with Gasteiger partial charge < -0.3 is 14.7 Å². The fraction of sp³-hybridized carbons (Fsp3) is 0.385. The van der Waals surface area contributed by atoms with Gasteiger partial charge in [-0.3, -0.25) is 4.79 Å². The Morgan fingerprint density at radius 1 is 1.39 bits per heavy atom. The summed E-state index contributed by atoms with van der Waals surface area (Å²) in [4.78, 5) is 13.7. The van der Waals surface area contributed by atoms with Crippen LogP contribution < -0.4 is 0 Å². The molecule has 96 valence electrons. The van der Waals surface area contributed by atoms with Crippen molar-refractivity contribution in [2.75, 3.05) is 26.8 Å². The summed E-state index contributed by atoms with van der Waals surface area (Å²) < 4.78 is 4.94. The molecular weight excluding hydrogens is 232 g/mol. The van der Waals surface area contributed by atoms with E-state index in [0.29, 0.717) is 25.3 Å². The van der Waals surface area contributed by atoms with E-state index in [1.807, 2.05) is 6.07 Å². The standard InChI is InChI=1S/C13H16N2O3/c1-18-10-9-15(8-2-7-14)13(17)11-3-5-12(16)6-4-11/h3-6,16H,2,8-10H2,1H3. The second-order valence-electron chi connectivity index (χ2n) is 3.74. The number of phenolic OH excluding ortho intramolecular Hbond substituents is 1. The number of phenols is 1. The van der Waals surface area contributed by atoms with Crippen LogP contribution in [0.25, 0.3) is 0 Å². The molecule has 18 heavy (non-hydrogen) atoms. The zero-order valence-electron chi connectivity index (χ0n) is 10.3. The fourth-order valence-electron chi connectivity index (χ4n) is 1.49. The first-order valence-electron chi connectivity index (χ1n) is 5.63. The zero-order chi connectivity index (χ0) is 13.4. The van der Waals surface area contributed by atoms with Crippen LogP contribution in [-0.4, -0.2) is 42.7 Å². The van der Waals surface area contributed by atoms with Crippen molar-refractivity contribution in [3.63, 3.8) is 0 Å². The van der Waals surface area contributed by atoms with Crippen LogP contribution in [0.2, 0.25) is 0 Å². The average Bonchev–Trinajstić information content (AvgIpc) is 2.39. The minimum absolute atomic E-state index is 0.118. The molecule has 1 rings (SSSR count). The molecule has 0 heterocycles. The topological polar surface area (TPSA) is 73.6 Å². The van der Waals surface area contributed by atoms with Gasteiger partial charge in [-0.05, 0) is 24.3 Å². The van der Waals surface area contributed by atoms with Gasteiger partial charge in [0.15, 0.2) is 0 Å². The first kappa shape index (κ1) is 14.0. The van der Waals surface area contributed by atoms with Gasteiger partial charge in [-0.2, -0.15) is 5.26 Å². The molecule has 5 heteroatoms. The molecule has 1 amide bonds. The molecule has 0 saturated heterocycles. The van der Waals surface area contributed by atoms with Crippen LogP contribution in [0.1, 0.15) is 16.8 Å². The van der Waals surface area contributed by atoms with Crippen LogP contribution in [0.4, 0.5) is 0 Å². The van der Waals surface area contributed by atoms with Gasteiger partial charge in [0.25, 0.3) is 5.91 Å². The molecule has 0 aliphatic carbocycles. The second kappa shape index (κ2) is 7.30. The van der Waals surface area contributed by atoms with Gasteiger partial charge in [0, 0.05) is 25.8 Å². The van der Waals surface area contributed by atoms with Crippen molar-refractivity contribution in [1.29, 1.82) is 5.26 Å². The number of nitriles is 1. The third-order valence-corrected chi connectivity index (χ3v) is 2.46. The Hall–Kier alpha value is -2.06. The van der Waals surface area contributed by atoms with E-state index in [4.69, 9.17) is 10.00 Å². The predicted octanol–water partition coefficient (Wildman–Crippen LogP) is 1.39. The number of amides is 1. The highest BCUT2D eigenvalue weighted by Crippen LogP contribution is 2.12. The second-order valence-corrected chi connectivity index (χ2v) is 3.74. The van der Waals surface area contributed by atoms with Gasteiger partial charge in [0.2, 0.25) is 0 Å². The number of aromatic hydroxyl groups is 1. The molecule has 0 radical (unpaired) electrons. The van der Waals surface area contributed by atoms with Gasteiger partial charge in [-0.1, -0.05) is 0 Å². The Kier molecular flexibility index (Phi) is 5.68. The summed E-state index contributed by atoms with van der Waals surface area (Å²) in [7, 11) is 1.56. The lowest BCUT2D eigenvalue weighted by molar-refractivity contribution is 0.0700. The number of nitrogens with zero attached hydrogens (tertiary/aromatic N) is 2. The normalized spacial score (nSPS) is 9.78. The SMILES string of the molecule is COCCN(CCC#N)C(=O)c1ccc(O)cc1. The van der Waals surface area contributed by atoms with Crippen molar-refractivity contribution in [2.24, 2.45) is 0 Å². The van der Waals surface area contributed by atoms with Crippen LogP contribution in [0.15, 0.2) is 24.3 Å². The summed E-state index contributed by atoms with van der Waals surface area (Å²) in [6.07, 6.45) is 0.285. The van der Waals surface area contributed by atoms with E-state index in [2.05, 4.69) is 0 Å². The molecule has 0 fully saturated rings. The molecule has 5 nitrogen and oxygen atoms in total. The Morgan fingerprint density at radius 3 is 2.61 bits per heavy atom. The first-order valence-corrected chi connectivity index (χ1v) is 5.63. The van der Waals surface area contributed by atoms with Gasteiger partial charge in [-0.25, -0.2) is 0 Å². The minimum atomic E-state index is -0.165. The summed E-state index contributed by atoms with van der Waals surface area (Å²) in [5.74, 6) is -0.0469. The summed E-state index contributed by atoms with van der Waals surface area (Å²) in [6.45, 7) is 1.24. The molecule has 0 aliphatic rings. The predicted molar refractivity (Wildman–Crippen MR) is 66.1 cm³/mol. The number of hydrogen-bond donors (Lipinski definition) is 1. The smallest absolute Gasteiger partial charge is 0.253 e. The van der Waals surface area contributed by atoms with E-state index in [0.717, 1.165) is 0 Å². The average molecular weight is 248 g/mol. The van der Waals surface area contributed by atoms with Crippen molar-refractivity contribution >= 4 is 5.91 Å². The van der Waals surface area contributed by atoms with Crippen LogP contribution in [0.5, 0.6) is 5.75 Å². The van der Waals surface area contributed by atoms with Gasteiger partial charge in [0.1, 0.15) is 5.75 Å². The lowest BCUT2D eigenvalue weighted by atomic mass is 10.2. The number of benzene rings is 1. The van der Waals surface area contributed by atoms with Gasteiger partial charge in [-0.15, -0.1) is 0 Å². The molecule has 0 atom stereocenters. The summed E-state index contributed by atoms with van der Waals surface area (Å²) in [5, 5.41) is 17.7. The maximum absolute atomic E-state index is 12.1. The quantitative estimate of drug-likeness (QED) is 0.825. The molecule has 1 aromatic carbocycles. The van der Waals surface area contributed by atoms with E-state index in [1.165, 1.54) is 12.1 Å². The monoisotopic (exact) mass is 248 g/mol. The third kappa shape index (κ3) is 4.07. The Balaban J connectivity index is 2.74. The number of carbonyl (C=O) groups excluding carboxylic acids is 1. The summed E-state index contributed by atoms with van der Waals surface area (Å²) in [5.41, 5.74) is 0.488. The van der Waals surface area contributed by atoms with Gasteiger partial charge in [0.05, 0.1) is 19.1 Å². The van der Waals surface area contributed by atoms with Crippen molar-refractivity contribution < 1.29 is 14.6 Å². The van der Waals surface area contributed by atoms with Crippen molar-refractivity contribution in [3.05, 3.63) is 29.8 Å². The molecule has 0 aliphatic heterocycles. The number of hydrogen-bond acceptors (Lipinski definition) is 4. The lowest BCUT2D eigenvalue weighted by Gasteiger charge is -2.21. The highest BCUT2D eigenvalue weighted by atomic mass is 16.5. The third-order valence-electron chi connectivity index (χ3n) is 2.46. The van der Waals surface area contributed by atoms with E-state index in [9.17, 15) is 9.90 Å². The number of rotatable bonds is 6. The maximum Gasteiger partial charge on any atom is 0.253 e. The maximum atomic E-state index is 12.1. The summed E-state index contributed by atoms with van der Waals surface area (Å²) in [6, 6.07) is 8.06. The highest BCUT2D eigenvalue weighted by Gasteiger charge is 2.14. The largest absolute Gasteiger partial charge is 0.508 e. The minimum Gasteiger partial charge on any atom is -0.508 e. The van der Waals surface area contributed by atoms with Crippen LogP contribution in [0.3, 0.4) is 0 Å². The van der Waals surface area contributed by atoms with E-state index < -0.39 is 0 Å². The Bertz CT molecular complexity index is 423. The highest BCUT2D eigenvalue weighted by molar-refractivity contribution is 5.94.